The van der Waals surface area contributed by atoms with Crippen molar-refractivity contribution in [1.82, 2.24) is 4.98 Å². The lowest BCUT2D eigenvalue weighted by Crippen LogP contribution is -1.82. The Morgan fingerprint density at radius 1 is 1.89 bits per heavy atom. The van der Waals surface area contributed by atoms with Crippen LogP contribution in [0.3, 0.4) is 0 Å². The Bertz CT molecular complexity index is 219. The lowest BCUT2D eigenvalue weighted by atomic mass is 10.3. The van der Waals surface area contributed by atoms with Crippen LogP contribution in [0.15, 0.2) is 18.3 Å². The summed E-state index contributed by atoms with van der Waals surface area (Å²) in [5.74, 6) is 0. The number of aliphatic hydroxyl groups excluding tert-OH is 1. The Hall–Kier alpha value is -0.600. The minimum absolute atomic E-state index is 0.252. The van der Waals surface area contributed by atoms with E-state index in [4.69, 9.17) is 13.0 Å². The third kappa shape index (κ3) is 1.66. The number of halogens is 1. The second-order valence-electron chi connectivity index (χ2n) is 1.63. The van der Waals surface area contributed by atoms with E-state index in [1.807, 2.05) is 0 Å². The molecular formula is C6H6ClNO. The summed E-state index contributed by atoms with van der Waals surface area (Å²) in [7, 11) is 0. The molecule has 0 aliphatic heterocycles. The SMILES string of the molecule is [3H]OCc1ccnc(Cl)c1. The van der Waals surface area contributed by atoms with Crippen molar-refractivity contribution >= 4 is 11.6 Å². The van der Waals surface area contributed by atoms with Crippen LogP contribution in [0, 0.1) is 0 Å². The maximum absolute atomic E-state index is 6.45. The molecule has 9 heavy (non-hydrogen) atoms. The summed E-state index contributed by atoms with van der Waals surface area (Å²) in [5, 5.41) is 4.57. The van der Waals surface area contributed by atoms with Gasteiger partial charge in [-0.2, -0.15) is 0 Å². The Morgan fingerprint density at radius 3 is 3.44 bits per heavy atom. The molecule has 2 nitrogen and oxygen atoms in total. The maximum Gasteiger partial charge on any atom is 0.211 e. The number of hydrogen-bond donors (Lipinski definition) is 1. The third-order valence-electron chi connectivity index (χ3n) is 0.958. The summed E-state index contributed by atoms with van der Waals surface area (Å²) in [4.78, 5) is 3.77. The highest BCUT2D eigenvalue weighted by atomic mass is 35.5. The van der Waals surface area contributed by atoms with E-state index < -0.39 is 0 Å². The van der Waals surface area contributed by atoms with Crippen molar-refractivity contribution in [3.05, 3.63) is 29.0 Å². The highest BCUT2D eigenvalue weighted by Crippen LogP contribution is 2.05. The van der Waals surface area contributed by atoms with Gasteiger partial charge in [0.1, 0.15) is 5.15 Å². The van der Waals surface area contributed by atoms with E-state index in [2.05, 4.69) is 10.1 Å². The molecule has 0 spiro atoms. The molecule has 0 aliphatic rings. The van der Waals surface area contributed by atoms with Gasteiger partial charge in [-0.1, -0.05) is 11.6 Å². The summed E-state index contributed by atoms with van der Waals surface area (Å²) in [6.45, 7) is 0.252. The normalized spacial score (nSPS) is 11.0. The van der Waals surface area contributed by atoms with E-state index in [1.165, 1.54) is 0 Å². The second kappa shape index (κ2) is 2.80. The molecule has 3 heteroatoms. The van der Waals surface area contributed by atoms with Crippen LogP contribution >= 0.6 is 11.6 Å². The van der Waals surface area contributed by atoms with Gasteiger partial charge in [0, 0.05) is 6.20 Å². The Morgan fingerprint density at radius 2 is 2.78 bits per heavy atom. The van der Waals surface area contributed by atoms with Crippen LogP contribution in [-0.4, -0.2) is 11.5 Å². The Balaban J connectivity index is 2.75. The molecule has 0 radical (unpaired) electrons. The lowest BCUT2D eigenvalue weighted by Gasteiger charge is -1.92. The number of hydrogen-bond acceptors (Lipinski definition) is 2. The van der Waals surface area contributed by atoms with Crippen LogP contribution in [0.2, 0.25) is 5.15 Å². The van der Waals surface area contributed by atoms with E-state index in [-0.39, 0.29) is 6.61 Å². The highest BCUT2D eigenvalue weighted by Gasteiger charge is 1.89. The van der Waals surface area contributed by atoms with Crippen LogP contribution in [-0.2, 0) is 6.61 Å². The highest BCUT2D eigenvalue weighted by molar-refractivity contribution is 6.29. The molecule has 1 aromatic rings. The van der Waals surface area contributed by atoms with Crippen molar-refractivity contribution in [1.29, 1.82) is 1.43 Å². The van der Waals surface area contributed by atoms with Gasteiger partial charge in [0.05, 0.1) is 6.61 Å². The number of aliphatic hydroxyl groups is 1. The molecule has 1 heterocycles. The third-order valence-corrected chi connectivity index (χ3v) is 1.16. The predicted octanol–water partition coefficient (Wildman–Crippen LogP) is 1.23. The number of rotatable bonds is 2. The van der Waals surface area contributed by atoms with Crippen LogP contribution in [0.4, 0.5) is 0 Å². The Kier molecular flexibility index (Phi) is 1.62. The maximum atomic E-state index is 6.45. The molecule has 0 saturated carbocycles. The fraction of sp³-hybridized carbons (Fsp3) is 0.167. The van der Waals surface area contributed by atoms with Crippen molar-refractivity contribution in [2.24, 2.45) is 0 Å². The smallest absolute Gasteiger partial charge is 0.211 e. The molecule has 0 aromatic carbocycles. The quantitative estimate of drug-likeness (QED) is 0.635. The van der Waals surface area contributed by atoms with Gasteiger partial charge >= 0.3 is 0 Å². The zero-order chi connectivity index (χ0) is 7.40. The first-order chi connectivity index (χ1) is 4.83. The predicted molar refractivity (Wildman–Crippen MR) is 35.2 cm³/mol. The van der Waals surface area contributed by atoms with E-state index in [0.29, 0.717) is 5.15 Å². The summed E-state index contributed by atoms with van der Waals surface area (Å²) >= 11 is 5.55. The first-order valence-electron chi connectivity index (χ1n) is 2.92. The molecule has 1 N–H and O–H groups in total. The van der Waals surface area contributed by atoms with Crippen LogP contribution in [0.25, 0.3) is 0 Å². The summed E-state index contributed by atoms with van der Waals surface area (Å²) in [5.41, 5.74) is 0.856. The molecule has 0 aliphatic carbocycles. The minimum Gasteiger partial charge on any atom is -0.392 e. The van der Waals surface area contributed by atoms with Crippen molar-refractivity contribution in [2.75, 3.05) is 0 Å². The Labute approximate surface area is 59.6 Å². The molecule has 0 amide bonds. The van der Waals surface area contributed by atoms with Gasteiger partial charge in [0.15, 0.2) is 0 Å². The van der Waals surface area contributed by atoms with Gasteiger partial charge in [0.25, 0.3) is 0 Å². The van der Waals surface area contributed by atoms with Gasteiger partial charge in [-0.15, -0.1) is 0 Å². The lowest BCUT2D eigenvalue weighted by molar-refractivity contribution is 0.281. The molecule has 0 atom stereocenters. The number of nitrogens with zero attached hydrogens (tertiary/aromatic N) is 1. The zero-order valence-electron chi connectivity index (χ0n) is 5.67. The van der Waals surface area contributed by atoms with Crippen LogP contribution < -0.4 is 0 Å². The average molecular weight is 146 g/mol. The molecule has 0 unspecified atom stereocenters. The van der Waals surface area contributed by atoms with Gasteiger partial charge in [0.2, 0.25) is 1.43 Å². The monoisotopic (exact) mass is 145 g/mol. The fourth-order valence-electron chi connectivity index (χ4n) is 0.532. The van der Waals surface area contributed by atoms with E-state index >= 15 is 0 Å². The standard InChI is InChI=1S/C6H6ClNO/c7-6-3-5(4-9)1-2-8-6/h1-3,9H,4H2/i9T. The molecule has 48 valence electrons. The second-order valence-corrected chi connectivity index (χ2v) is 2.02. The zero-order valence-corrected chi connectivity index (χ0v) is 5.43. The molecule has 1 rings (SSSR count). The van der Waals surface area contributed by atoms with Gasteiger partial charge in [-0.05, 0) is 17.7 Å². The van der Waals surface area contributed by atoms with E-state index in [9.17, 15) is 0 Å². The van der Waals surface area contributed by atoms with E-state index in [0.717, 1.165) is 5.56 Å². The summed E-state index contributed by atoms with van der Waals surface area (Å²) < 4.78 is 6.45. The topological polar surface area (TPSA) is 33.1 Å². The molecule has 0 bridgehead atoms. The summed E-state index contributed by atoms with van der Waals surface area (Å²) in [6, 6.07) is 3.41. The fourth-order valence-corrected chi connectivity index (χ4v) is 0.729. The number of pyridine rings is 1. The average Bonchev–Trinajstić information content (AvgIpc) is 1.88. The van der Waals surface area contributed by atoms with Gasteiger partial charge in [-0.25, -0.2) is 4.98 Å². The molecular weight excluding hydrogens is 138 g/mol. The number of aromatic nitrogens is 1. The first kappa shape index (κ1) is 5.21. The van der Waals surface area contributed by atoms with Crippen LogP contribution in [0.5, 0.6) is 0 Å². The van der Waals surface area contributed by atoms with Crippen molar-refractivity contribution in [3.63, 3.8) is 0 Å². The molecule has 0 fully saturated rings. The molecule has 0 saturated heterocycles. The minimum atomic E-state index is 0.252. The van der Waals surface area contributed by atoms with E-state index in [1.54, 1.807) is 18.3 Å². The first-order valence-corrected chi connectivity index (χ1v) is 2.89. The van der Waals surface area contributed by atoms with Crippen LogP contribution in [0.1, 0.15) is 5.56 Å². The largest absolute Gasteiger partial charge is 0.392 e. The van der Waals surface area contributed by atoms with Crippen molar-refractivity contribution in [3.8, 4) is 0 Å². The van der Waals surface area contributed by atoms with Crippen molar-refractivity contribution in [2.45, 2.75) is 6.61 Å². The van der Waals surface area contributed by atoms with Gasteiger partial charge < -0.3 is 5.11 Å². The van der Waals surface area contributed by atoms with Crippen molar-refractivity contribution < 1.29 is 5.11 Å². The van der Waals surface area contributed by atoms with Gasteiger partial charge in [-0.3, -0.25) is 0 Å². The summed E-state index contributed by atoms with van der Waals surface area (Å²) in [6.07, 6.45) is 1.58. The molecule has 1 aromatic heterocycles.